The first-order valence-electron chi connectivity index (χ1n) is 14.2. The Morgan fingerprint density at radius 3 is 2.56 bits per heavy atom. The largest absolute Gasteiger partial charge is 0.493 e. The maximum Gasteiger partial charge on any atom is 0.244 e. The van der Waals surface area contributed by atoms with Crippen molar-refractivity contribution in [2.75, 3.05) is 39.3 Å². The van der Waals surface area contributed by atoms with E-state index >= 15 is 0 Å². The third kappa shape index (κ3) is 8.00. The van der Waals surface area contributed by atoms with Gasteiger partial charge in [-0.15, -0.1) is 0 Å². The topological polar surface area (TPSA) is 101 Å². The van der Waals surface area contributed by atoms with Crippen LogP contribution in [0.2, 0.25) is 0 Å². The molecule has 1 saturated carbocycles. The number of piperazine rings is 1. The number of benzene rings is 1. The first-order valence-corrected chi connectivity index (χ1v) is 14.2. The Labute approximate surface area is 230 Å². The van der Waals surface area contributed by atoms with E-state index in [4.69, 9.17) is 9.26 Å². The highest BCUT2D eigenvalue weighted by molar-refractivity contribution is 5.89. The molecule has 2 amide bonds. The van der Waals surface area contributed by atoms with Crippen LogP contribution in [-0.4, -0.2) is 77.1 Å². The van der Waals surface area contributed by atoms with E-state index in [1.54, 1.807) is 19.1 Å². The van der Waals surface area contributed by atoms with Gasteiger partial charge in [0.15, 0.2) is 0 Å². The Morgan fingerprint density at radius 2 is 1.90 bits per heavy atom. The lowest BCUT2D eigenvalue weighted by Crippen LogP contribution is -2.55. The standard InChI is InChI=1S/C29H42FN5O4/c1-20(31-28(37)29(2,3)4)27(36)35-15-13-34(14-16-35)12-7-17-38-22-10-11-23(24(30)19-22)26-32-25(39-33-26)18-21-8-5-6-9-21/h10-11,19-21H,5-9,12-18H2,1-4H3,(H,31,37)/t20-/m1/s1. The number of hydrogen-bond acceptors (Lipinski definition) is 7. The van der Waals surface area contributed by atoms with Gasteiger partial charge in [-0.2, -0.15) is 4.98 Å². The molecule has 9 nitrogen and oxygen atoms in total. The minimum atomic E-state index is -0.539. The zero-order valence-corrected chi connectivity index (χ0v) is 23.7. The Kier molecular flexibility index (Phi) is 9.58. The third-order valence-corrected chi connectivity index (χ3v) is 7.56. The molecule has 0 spiro atoms. The van der Waals surface area contributed by atoms with Crippen molar-refractivity contribution in [2.24, 2.45) is 11.3 Å². The average Bonchev–Trinajstić information content (AvgIpc) is 3.59. The molecule has 2 fully saturated rings. The van der Waals surface area contributed by atoms with Crippen LogP contribution in [-0.2, 0) is 16.0 Å². The van der Waals surface area contributed by atoms with Gasteiger partial charge in [0.1, 0.15) is 17.6 Å². The number of ether oxygens (including phenoxy) is 1. The molecule has 1 saturated heterocycles. The van der Waals surface area contributed by atoms with E-state index in [0.717, 1.165) is 32.5 Å². The smallest absolute Gasteiger partial charge is 0.244 e. The molecule has 0 bridgehead atoms. The van der Waals surface area contributed by atoms with Crippen LogP contribution < -0.4 is 10.1 Å². The highest BCUT2D eigenvalue weighted by Crippen LogP contribution is 2.29. The number of halogens is 1. The summed E-state index contributed by atoms with van der Waals surface area (Å²) in [6, 6.07) is 4.19. The van der Waals surface area contributed by atoms with E-state index in [9.17, 15) is 14.0 Å². The molecule has 1 atom stereocenters. The number of hydrogen-bond donors (Lipinski definition) is 1. The van der Waals surface area contributed by atoms with Crippen molar-refractivity contribution in [1.82, 2.24) is 25.3 Å². The van der Waals surface area contributed by atoms with Crippen LogP contribution >= 0.6 is 0 Å². The molecule has 2 heterocycles. The Balaban J connectivity index is 1.16. The Hall–Kier alpha value is -3.01. The highest BCUT2D eigenvalue weighted by atomic mass is 19.1. The van der Waals surface area contributed by atoms with Crippen LogP contribution in [0, 0.1) is 17.2 Å². The fraction of sp³-hybridized carbons (Fsp3) is 0.655. The van der Waals surface area contributed by atoms with Gasteiger partial charge in [-0.1, -0.05) is 38.8 Å². The quantitative estimate of drug-likeness (QED) is 0.451. The normalized spacial score (nSPS) is 17.8. The van der Waals surface area contributed by atoms with Gasteiger partial charge in [0.05, 0.1) is 12.2 Å². The average molecular weight is 544 g/mol. The summed E-state index contributed by atoms with van der Waals surface area (Å²) >= 11 is 0. The van der Waals surface area contributed by atoms with Crippen LogP contribution in [0.4, 0.5) is 4.39 Å². The first-order chi connectivity index (χ1) is 18.6. The molecule has 1 aromatic carbocycles. The van der Waals surface area contributed by atoms with Crippen molar-refractivity contribution in [2.45, 2.75) is 72.3 Å². The molecule has 2 aliphatic rings. The highest BCUT2D eigenvalue weighted by Gasteiger charge is 2.29. The molecule has 1 aliphatic carbocycles. The maximum atomic E-state index is 14.8. The van der Waals surface area contributed by atoms with Crippen molar-refractivity contribution < 1.29 is 23.2 Å². The molecule has 0 unspecified atom stereocenters. The molecule has 39 heavy (non-hydrogen) atoms. The Morgan fingerprint density at radius 1 is 1.18 bits per heavy atom. The molecule has 214 valence electrons. The van der Waals surface area contributed by atoms with Crippen molar-refractivity contribution in [3.8, 4) is 17.1 Å². The summed E-state index contributed by atoms with van der Waals surface area (Å²) in [4.78, 5) is 33.4. The van der Waals surface area contributed by atoms with Crippen LogP contribution in [0.3, 0.4) is 0 Å². The van der Waals surface area contributed by atoms with Gasteiger partial charge in [-0.25, -0.2) is 4.39 Å². The summed E-state index contributed by atoms with van der Waals surface area (Å²) in [6.45, 7) is 11.3. The van der Waals surface area contributed by atoms with Crippen LogP contribution in [0.25, 0.3) is 11.4 Å². The molecule has 4 rings (SSSR count). The molecule has 10 heteroatoms. The molecular weight excluding hydrogens is 501 g/mol. The minimum Gasteiger partial charge on any atom is -0.493 e. The van der Waals surface area contributed by atoms with Gasteiger partial charge in [0.2, 0.25) is 23.5 Å². The van der Waals surface area contributed by atoms with E-state index in [1.165, 1.54) is 31.7 Å². The van der Waals surface area contributed by atoms with E-state index in [0.29, 0.717) is 42.8 Å². The van der Waals surface area contributed by atoms with Gasteiger partial charge in [-0.3, -0.25) is 14.5 Å². The Bertz CT molecular complexity index is 1120. The van der Waals surface area contributed by atoms with Crippen LogP contribution in [0.15, 0.2) is 22.7 Å². The summed E-state index contributed by atoms with van der Waals surface area (Å²) in [5, 5.41) is 6.80. The second-order valence-corrected chi connectivity index (χ2v) is 11.8. The predicted molar refractivity (Wildman–Crippen MR) is 146 cm³/mol. The second kappa shape index (κ2) is 12.9. The lowest BCUT2D eigenvalue weighted by atomic mass is 9.95. The zero-order valence-electron chi connectivity index (χ0n) is 23.7. The first kappa shape index (κ1) is 29.0. The molecule has 0 radical (unpaired) electrons. The molecule has 1 aromatic heterocycles. The number of nitrogens with one attached hydrogen (secondary N) is 1. The number of carbonyl (C=O) groups is 2. The van der Waals surface area contributed by atoms with Crippen molar-refractivity contribution in [3.05, 3.63) is 29.9 Å². The van der Waals surface area contributed by atoms with E-state index < -0.39 is 17.3 Å². The van der Waals surface area contributed by atoms with Gasteiger partial charge in [0.25, 0.3) is 0 Å². The zero-order chi connectivity index (χ0) is 28.0. The van der Waals surface area contributed by atoms with Gasteiger partial charge >= 0.3 is 0 Å². The van der Waals surface area contributed by atoms with Gasteiger partial charge < -0.3 is 19.5 Å². The van der Waals surface area contributed by atoms with E-state index in [1.807, 2.05) is 25.7 Å². The fourth-order valence-corrected chi connectivity index (χ4v) is 5.09. The van der Waals surface area contributed by atoms with Crippen LogP contribution in [0.1, 0.15) is 65.7 Å². The molecule has 1 N–H and O–H groups in total. The third-order valence-electron chi connectivity index (χ3n) is 7.56. The fourth-order valence-electron chi connectivity index (χ4n) is 5.09. The lowest BCUT2D eigenvalue weighted by Gasteiger charge is -2.36. The summed E-state index contributed by atoms with van der Waals surface area (Å²) in [7, 11) is 0. The summed E-state index contributed by atoms with van der Waals surface area (Å²) in [5.74, 6) is 1.28. The summed E-state index contributed by atoms with van der Waals surface area (Å²) < 4.78 is 25.9. The molecule has 1 aliphatic heterocycles. The number of nitrogens with zero attached hydrogens (tertiary/aromatic N) is 4. The van der Waals surface area contributed by atoms with Crippen molar-refractivity contribution in [1.29, 1.82) is 0 Å². The van der Waals surface area contributed by atoms with Crippen LogP contribution in [0.5, 0.6) is 5.75 Å². The number of aromatic nitrogens is 2. The maximum absolute atomic E-state index is 14.8. The second-order valence-electron chi connectivity index (χ2n) is 11.8. The number of rotatable bonds is 10. The molecule has 2 aromatic rings. The number of amides is 2. The summed E-state index contributed by atoms with van der Waals surface area (Å²) in [5.41, 5.74) is -0.223. The molecular formula is C29H42FN5O4. The SMILES string of the molecule is C[C@@H](NC(=O)C(C)(C)C)C(=O)N1CCN(CCCOc2ccc(-c3noc(CC4CCCC4)n3)c(F)c2)CC1. The van der Waals surface area contributed by atoms with Crippen molar-refractivity contribution in [3.63, 3.8) is 0 Å². The minimum absolute atomic E-state index is 0.0492. The van der Waals surface area contributed by atoms with Gasteiger partial charge in [-0.05, 0) is 44.2 Å². The predicted octanol–water partition coefficient (Wildman–Crippen LogP) is 4.07. The van der Waals surface area contributed by atoms with Gasteiger partial charge in [0, 0.05) is 50.6 Å². The summed E-state index contributed by atoms with van der Waals surface area (Å²) in [6.07, 6.45) is 6.41. The lowest BCUT2D eigenvalue weighted by molar-refractivity contribution is -0.139. The monoisotopic (exact) mass is 543 g/mol. The van der Waals surface area contributed by atoms with E-state index in [-0.39, 0.29) is 17.6 Å². The van der Waals surface area contributed by atoms with Crippen molar-refractivity contribution >= 4 is 11.8 Å². The van der Waals surface area contributed by atoms with E-state index in [2.05, 4.69) is 20.4 Å². The number of carbonyl (C=O) groups excluding carboxylic acids is 2.